The zero-order valence-electron chi connectivity index (χ0n) is 25.8. The fourth-order valence-corrected chi connectivity index (χ4v) is 7.20. The number of amides is 1. The number of aliphatic hydroxyl groups excluding tert-OH is 2. The molecule has 0 aromatic carbocycles. The molecule has 4 unspecified atom stereocenters. The van der Waals surface area contributed by atoms with E-state index in [1.54, 1.807) is 0 Å². The average molecular weight is 554 g/mol. The van der Waals surface area contributed by atoms with Crippen molar-refractivity contribution in [3.63, 3.8) is 0 Å². The van der Waals surface area contributed by atoms with Crippen molar-refractivity contribution < 1.29 is 15.0 Å². The van der Waals surface area contributed by atoms with E-state index in [9.17, 15) is 15.0 Å². The highest BCUT2D eigenvalue weighted by Crippen LogP contribution is 2.36. The summed E-state index contributed by atoms with van der Waals surface area (Å²) in [4.78, 5) is 13.2. The number of aliphatic hydroxyl groups is 2. The van der Waals surface area contributed by atoms with Crippen molar-refractivity contribution in [2.24, 2.45) is 41.4 Å². The minimum atomic E-state index is -0.919. The van der Waals surface area contributed by atoms with Gasteiger partial charge in [0.25, 0.3) is 0 Å². The van der Waals surface area contributed by atoms with Crippen molar-refractivity contribution in [2.75, 3.05) is 13.2 Å². The molecule has 0 saturated heterocycles. The van der Waals surface area contributed by atoms with E-state index >= 15 is 0 Å². The first-order valence-corrected chi connectivity index (χ1v) is 17.1. The van der Waals surface area contributed by atoms with Crippen LogP contribution in [0.25, 0.3) is 0 Å². The fourth-order valence-electron chi connectivity index (χ4n) is 7.20. The summed E-state index contributed by atoms with van der Waals surface area (Å²) in [6.45, 7) is 4.30. The largest absolute Gasteiger partial charge is 0.394 e. The van der Waals surface area contributed by atoms with Crippen LogP contribution >= 0.6 is 0 Å². The van der Waals surface area contributed by atoms with Crippen LogP contribution < -0.4 is 5.32 Å². The molecule has 3 aliphatic carbocycles. The van der Waals surface area contributed by atoms with Crippen molar-refractivity contribution >= 4 is 5.91 Å². The van der Waals surface area contributed by atoms with Gasteiger partial charge in [-0.05, 0) is 82.5 Å². The van der Waals surface area contributed by atoms with Crippen LogP contribution in [0.3, 0.4) is 0 Å². The molecule has 0 spiro atoms. The van der Waals surface area contributed by atoms with Crippen molar-refractivity contribution in [3.8, 4) is 23.7 Å². The second-order valence-corrected chi connectivity index (χ2v) is 13.3. The summed E-state index contributed by atoms with van der Waals surface area (Å²) in [7, 11) is 0. The molecule has 40 heavy (non-hydrogen) atoms. The van der Waals surface area contributed by atoms with Gasteiger partial charge in [-0.2, -0.15) is 0 Å². The first kappa shape index (κ1) is 33.0. The molecule has 1 amide bonds. The number of unbranched alkanes of at least 4 members (excludes halogenated alkanes) is 4. The minimum absolute atomic E-state index is 0.0366. The van der Waals surface area contributed by atoms with E-state index in [1.807, 2.05) is 0 Å². The minimum Gasteiger partial charge on any atom is -0.394 e. The van der Waals surface area contributed by atoms with Crippen molar-refractivity contribution in [1.29, 1.82) is 0 Å². The molecule has 4 heteroatoms. The lowest BCUT2D eigenvalue weighted by molar-refractivity contribution is -0.127. The Kier molecular flexibility index (Phi) is 15.6. The summed E-state index contributed by atoms with van der Waals surface area (Å²) >= 11 is 0. The van der Waals surface area contributed by atoms with Gasteiger partial charge in [0.15, 0.2) is 0 Å². The highest BCUT2D eigenvalue weighted by atomic mass is 16.3. The molecule has 0 heterocycles. The molecule has 0 aromatic heterocycles. The Hall–Kier alpha value is -1.49. The summed E-state index contributed by atoms with van der Waals surface area (Å²) in [5, 5.41) is 21.8. The van der Waals surface area contributed by atoms with Crippen LogP contribution in [0.1, 0.15) is 136 Å². The first-order chi connectivity index (χ1) is 19.5. The molecule has 3 N–H and O–H groups in total. The summed E-state index contributed by atoms with van der Waals surface area (Å²) in [5.74, 6) is 17.3. The molecular formula is C36H59NO3. The van der Waals surface area contributed by atoms with Crippen LogP contribution in [0, 0.1) is 65.1 Å². The molecule has 3 rings (SSSR count). The van der Waals surface area contributed by atoms with Gasteiger partial charge in [-0.1, -0.05) is 88.9 Å². The molecule has 0 aromatic rings. The second kappa shape index (κ2) is 18.8. The van der Waals surface area contributed by atoms with E-state index in [0.717, 1.165) is 31.1 Å². The molecule has 226 valence electrons. The Morgan fingerprint density at radius 3 is 1.75 bits per heavy atom. The van der Waals surface area contributed by atoms with Gasteiger partial charge in [0.1, 0.15) is 0 Å². The SMILES string of the molecule is CCCCCC1CCC(C#CC2CCC(C#CC3CCC(CCCCC)CC3)C(C(=O)NCC(O)CO)C2)CC1. The Morgan fingerprint density at radius 1 is 0.725 bits per heavy atom. The highest BCUT2D eigenvalue weighted by molar-refractivity contribution is 5.79. The fraction of sp³-hybridized carbons (Fsp3) is 0.861. The quantitative estimate of drug-likeness (QED) is 0.176. The van der Waals surface area contributed by atoms with E-state index in [-0.39, 0.29) is 36.8 Å². The number of hydrogen-bond acceptors (Lipinski definition) is 3. The third-order valence-corrected chi connectivity index (χ3v) is 10.00. The van der Waals surface area contributed by atoms with Crippen LogP contribution in [0.2, 0.25) is 0 Å². The van der Waals surface area contributed by atoms with E-state index in [0.29, 0.717) is 11.8 Å². The Morgan fingerprint density at radius 2 is 1.23 bits per heavy atom. The Balaban J connectivity index is 1.53. The van der Waals surface area contributed by atoms with Crippen LogP contribution in [0.4, 0.5) is 0 Å². The third kappa shape index (κ3) is 11.8. The number of rotatable bonds is 12. The molecule has 0 radical (unpaired) electrons. The van der Waals surface area contributed by atoms with E-state index in [2.05, 4.69) is 42.8 Å². The van der Waals surface area contributed by atoms with Gasteiger partial charge in [0.2, 0.25) is 5.91 Å². The lowest BCUT2D eigenvalue weighted by atomic mass is 9.73. The van der Waals surface area contributed by atoms with Gasteiger partial charge in [-0.3, -0.25) is 4.79 Å². The van der Waals surface area contributed by atoms with Crippen LogP contribution in [0.5, 0.6) is 0 Å². The summed E-state index contributed by atoms with van der Waals surface area (Å²) < 4.78 is 0. The third-order valence-electron chi connectivity index (χ3n) is 10.00. The molecule has 3 saturated carbocycles. The summed E-state index contributed by atoms with van der Waals surface area (Å²) in [6, 6.07) is 0. The van der Waals surface area contributed by atoms with Crippen LogP contribution in [-0.2, 0) is 4.79 Å². The number of carbonyl (C=O) groups is 1. The molecule has 0 aliphatic heterocycles. The van der Waals surface area contributed by atoms with Crippen molar-refractivity contribution in [2.45, 2.75) is 142 Å². The normalized spacial score (nSPS) is 31.2. The number of hydrogen-bond donors (Lipinski definition) is 3. The maximum absolute atomic E-state index is 13.2. The van der Waals surface area contributed by atoms with Gasteiger partial charge in [-0.15, -0.1) is 0 Å². The van der Waals surface area contributed by atoms with Gasteiger partial charge in [0.05, 0.1) is 18.6 Å². The number of nitrogens with one attached hydrogen (secondary N) is 1. The van der Waals surface area contributed by atoms with Crippen molar-refractivity contribution in [3.05, 3.63) is 0 Å². The standard InChI is InChI=1S/C36H59NO3/c1-3-5-7-9-28-11-15-30(16-12-28)19-20-32-22-24-33(35(25-32)36(40)37-26-34(39)27-38)23-21-31-17-13-29(14-18-31)10-8-6-4-2/h28-35,38-39H,3-18,22,24-27H2,1-2H3,(H,37,40). The summed E-state index contributed by atoms with van der Waals surface area (Å²) in [6.07, 6.45) is 22.7. The second-order valence-electron chi connectivity index (χ2n) is 13.3. The summed E-state index contributed by atoms with van der Waals surface area (Å²) in [5.41, 5.74) is 0. The molecule has 3 fully saturated rings. The topological polar surface area (TPSA) is 69.6 Å². The molecule has 0 bridgehead atoms. The van der Waals surface area contributed by atoms with Gasteiger partial charge >= 0.3 is 0 Å². The predicted molar refractivity (Wildman–Crippen MR) is 165 cm³/mol. The Bertz CT molecular complexity index is 832. The highest BCUT2D eigenvalue weighted by Gasteiger charge is 2.34. The first-order valence-electron chi connectivity index (χ1n) is 17.1. The zero-order chi connectivity index (χ0) is 28.6. The predicted octanol–water partition coefficient (Wildman–Crippen LogP) is 7.27. The maximum Gasteiger partial charge on any atom is 0.224 e. The zero-order valence-corrected chi connectivity index (χ0v) is 25.8. The molecular weight excluding hydrogens is 494 g/mol. The molecule has 4 nitrogen and oxygen atoms in total. The van der Waals surface area contributed by atoms with Crippen LogP contribution in [0.15, 0.2) is 0 Å². The monoisotopic (exact) mass is 553 g/mol. The van der Waals surface area contributed by atoms with E-state index < -0.39 is 6.10 Å². The van der Waals surface area contributed by atoms with E-state index in [4.69, 9.17) is 0 Å². The smallest absolute Gasteiger partial charge is 0.224 e. The Labute approximate surface area is 246 Å². The van der Waals surface area contributed by atoms with Gasteiger partial charge < -0.3 is 15.5 Å². The van der Waals surface area contributed by atoms with E-state index in [1.165, 1.54) is 103 Å². The van der Waals surface area contributed by atoms with Crippen molar-refractivity contribution in [1.82, 2.24) is 5.32 Å². The lowest BCUT2D eigenvalue weighted by Crippen LogP contribution is -2.42. The number of carbonyl (C=O) groups excluding carboxylic acids is 1. The molecule has 3 aliphatic rings. The van der Waals surface area contributed by atoms with Gasteiger partial charge in [-0.25, -0.2) is 0 Å². The average Bonchev–Trinajstić information content (AvgIpc) is 2.99. The lowest BCUT2D eigenvalue weighted by Gasteiger charge is -2.31. The molecule has 4 atom stereocenters. The van der Waals surface area contributed by atoms with Crippen LogP contribution in [-0.4, -0.2) is 35.4 Å². The maximum atomic E-state index is 13.2. The van der Waals surface area contributed by atoms with Gasteiger partial charge in [0, 0.05) is 30.2 Å².